The van der Waals surface area contributed by atoms with Gasteiger partial charge in [0, 0.05) is 0 Å². The molecule has 0 spiro atoms. The molecule has 0 heterocycles. The van der Waals surface area contributed by atoms with Crippen LogP contribution in [0.5, 0.6) is 0 Å². The molecule has 20 heavy (non-hydrogen) atoms. The number of anilines is 2. The number of nitrogens with one attached hydrogen (secondary N) is 1. The van der Waals surface area contributed by atoms with Crippen LogP contribution < -0.4 is 11.1 Å². The summed E-state index contributed by atoms with van der Waals surface area (Å²) in [7, 11) is 0. The van der Waals surface area contributed by atoms with Gasteiger partial charge in [0.2, 0.25) is 0 Å². The summed E-state index contributed by atoms with van der Waals surface area (Å²) in [6.45, 7) is 3.76. The second kappa shape index (κ2) is 5.28. The van der Waals surface area contributed by atoms with Crippen LogP contribution >= 0.6 is 0 Å². The monoisotopic (exact) mass is 276 g/mol. The largest absolute Gasteiger partial charge is 0.397 e. The molecule has 3 nitrogen and oxygen atoms in total. The van der Waals surface area contributed by atoms with Crippen molar-refractivity contribution >= 4 is 17.3 Å². The zero-order valence-corrected chi connectivity index (χ0v) is 11.1. The first-order valence-corrected chi connectivity index (χ1v) is 6.01. The SMILES string of the molecule is Cc1cc(N)c(NC(=O)c2cc(F)ccc2F)cc1C. The molecule has 0 fully saturated rings. The van der Waals surface area contributed by atoms with E-state index in [9.17, 15) is 13.6 Å². The standard InChI is InChI=1S/C15H14F2N2O/c1-8-5-13(18)14(6-9(8)2)19-15(20)11-7-10(16)3-4-12(11)17/h3-7H,18H2,1-2H3,(H,19,20). The number of carbonyl (C=O) groups excluding carboxylic acids is 1. The molecule has 5 heteroatoms. The third kappa shape index (κ3) is 2.77. The molecule has 0 unspecified atom stereocenters. The Morgan fingerprint density at radius 3 is 2.45 bits per heavy atom. The van der Waals surface area contributed by atoms with E-state index in [-0.39, 0.29) is 5.56 Å². The van der Waals surface area contributed by atoms with Gasteiger partial charge < -0.3 is 11.1 Å². The van der Waals surface area contributed by atoms with Crippen molar-refractivity contribution in [3.8, 4) is 0 Å². The van der Waals surface area contributed by atoms with Crippen LogP contribution in [0.4, 0.5) is 20.2 Å². The van der Waals surface area contributed by atoms with Gasteiger partial charge in [-0.3, -0.25) is 4.79 Å². The van der Waals surface area contributed by atoms with Crippen LogP contribution in [-0.2, 0) is 0 Å². The summed E-state index contributed by atoms with van der Waals surface area (Å²) in [5, 5.41) is 2.49. The van der Waals surface area contributed by atoms with Gasteiger partial charge >= 0.3 is 0 Å². The minimum atomic E-state index is -0.786. The highest BCUT2D eigenvalue weighted by atomic mass is 19.1. The van der Waals surface area contributed by atoms with Gasteiger partial charge in [-0.05, 0) is 55.3 Å². The maximum atomic E-state index is 13.5. The molecule has 0 bridgehead atoms. The van der Waals surface area contributed by atoms with Gasteiger partial charge in [-0.1, -0.05) is 0 Å². The fourth-order valence-electron chi connectivity index (χ4n) is 1.81. The summed E-state index contributed by atoms with van der Waals surface area (Å²) < 4.78 is 26.6. The Hall–Kier alpha value is -2.43. The molecular weight excluding hydrogens is 262 g/mol. The molecule has 0 aliphatic heterocycles. The van der Waals surface area contributed by atoms with E-state index in [1.54, 1.807) is 12.1 Å². The van der Waals surface area contributed by atoms with E-state index in [2.05, 4.69) is 5.32 Å². The number of nitrogen functional groups attached to an aromatic ring is 1. The summed E-state index contributed by atoms with van der Waals surface area (Å²) in [4.78, 5) is 12.0. The zero-order chi connectivity index (χ0) is 14.9. The molecule has 0 atom stereocenters. The first kappa shape index (κ1) is 14.0. The Balaban J connectivity index is 2.32. The predicted molar refractivity (Wildman–Crippen MR) is 74.6 cm³/mol. The Bertz CT molecular complexity index is 684. The van der Waals surface area contributed by atoms with Crippen molar-refractivity contribution < 1.29 is 13.6 Å². The van der Waals surface area contributed by atoms with Crippen LogP contribution in [0.2, 0.25) is 0 Å². The Morgan fingerprint density at radius 1 is 1.10 bits per heavy atom. The van der Waals surface area contributed by atoms with Crippen LogP contribution in [0.3, 0.4) is 0 Å². The molecule has 0 saturated carbocycles. The number of rotatable bonds is 2. The van der Waals surface area contributed by atoms with Gasteiger partial charge in [0.1, 0.15) is 11.6 Å². The van der Waals surface area contributed by atoms with Gasteiger partial charge in [0.15, 0.2) is 0 Å². The number of hydrogen-bond donors (Lipinski definition) is 2. The normalized spacial score (nSPS) is 10.4. The van der Waals surface area contributed by atoms with Gasteiger partial charge in [-0.2, -0.15) is 0 Å². The van der Waals surface area contributed by atoms with Gasteiger partial charge in [-0.15, -0.1) is 0 Å². The number of hydrogen-bond acceptors (Lipinski definition) is 2. The fourth-order valence-corrected chi connectivity index (χ4v) is 1.81. The number of halogens is 2. The van der Waals surface area contributed by atoms with Crippen molar-refractivity contribution in [3.05, 3.63) is 58.7 Å². The molecule has 0 saturated heterocycles. The minimum Gasteiger partial charge on any atom is -0.397 e. The lowest BCUT2D eigenvalue weighted by Crippen LogP contribution is -2.15. The minimum absolute atomic E-state index is 0.359. The zero-order valence-electron chi connectivity index (χ0n) is 11.1. The average Bonchev–Trinajstić information content (AvgIpc) is 2.38. The van der Waals surface area contributed by atoms with Gasteiger partial charge in [0.25, 0.3) is 5.91 Å². The highest BCUT2D eigenvalue weighted by molar-refractivity contribution is 6.06. The third-order valence-corrected chi connectivity index (χ3v) is 3.09. The second-order valence-corrected chi connectivity index (χ2v) is 4.60. The maximum Gasteiger partial charge on any atom is 0.258 e. The fraction of sp³-hybridized carbons (Fsp3) is 0.133. The lowest BCUT2D eigenvalue weighted by Gasteiger charge is -2.11. The van der Waals surface area contributed by atoms with Crippen molar-refractivity contribution in [2.24, 2.45) is 0 Å². The van der Waals surface area contributed by atoms with Crippen LogP contribution in [0.25, 0.3) is 0 Å². The number of amides is 1. The van der Waals surface area contributed by atoms with Crippen molar-refractivity contribution in [2.75, 3.05) is 11.1 Å². The molecule has 104 valence electrons. The molecule has 2 aromatic rings. The average molecular weight is 276 g/mol. The molecule has 2 aromatic carbocycles. The lowest BCUT2D eigenvalue weighted by molar-refractivity contribution is 0.102. The van der Waals surface area contributed by atoms with Crippen LogP contribution in [0, 0.1) is 25.5 Å². The van der Waals surface area contributed by atoms with E-state index in [0.29, 0.717) is 11.4 Å². The number of nitrogens with two attached hydrogens (primary N) is 1. The van der Waals surface area contributed by atoms with Crippen LogP contribution in [-0.4, -0.2) is 5.91 Å². The molecule has 0 aliphatic carbocycles. The van der Waals surface area contributed by atoms with E-state index >= 15 is 0 Å². The summed E-state index contributed by atoms with van der Waals surface area (Å²) in [6.07, 6.45) is 0. The Morgan fingerprint density at radius 2 is 1.75 bits per heavy atom. The smallest absolute Gasteiger partial charge is 0.258 e. The molecule has 2 rings (SSSR count). The summed E-state index contributed by atoms with van der Waals surface area (Å²) in [6, 6.07) is 6.12. The molecule has 3 N–H and O–H groups in total. The quantitative estimate of drug-likeness (QED) is 0.826. The Kier molecular flexibility index (Phi) is 3.70. The molecule has 1 amide bonds. The first-order valence-electron chi connectivity index (χ1n) is 6.01. The highest BCUT2D eigenvalue weighted by Gasteiger charge is 2.14. The highest BCUT2D eigenvalue weighted by Crippen LogP contribution is 2.24. The predicted octanol–water partition coefficient (Wildman–Crippen LogP) is 3.42. The lowest BCUT2D eigenvalue weighted by atomic mass is 10.1. The number of benzene rings is 2. The number of carbonyl (C=O) groups is 1. The molecule has 0 radical (unpaired) electrons. The summed E-state index contributed by atoms with van der Waals surface area (Å²) in [5.41, 5.74) is 8.12. The van der Waals surface area contributed by atoms with Crippen molar-refractivity contribution in [1.82, 2.24) is 0 Å². The van der Waals surface area contributed by atoms with Gasteiger partial charge in [0.05, 0.1) is 16.9 Å². The van der Waals surface area contributed by atoms with E-state index in [4.69, 9.17) is 5.73 Å². The summed E-state index contributed by atoms with van der Waals surface area (Å²) in [5.74, 6) is -2.20. The molecular formula is C15H14F2N2O. The first-order chi connectivity index (χ1) is 9.38. The Labute approximate surface area is 115 Å². The third-order valence-electron chi connectivity index (χ3n) is 3.09. The van der Waals surface area contributed by atoms with Crippen molar-refractivity contribution in [1.29, 1.82) is 0 Å². The number of aryl methyl sites for hydroxylation is 2. The van der Waals surface area contributed by atoms with Crippen LogP contribution in [0.1, 0.15) is 21.5 Å². The van der Waals surface area contributed by atoms with E-state index in [0.717, 1.165) is 29.3 Å². The second-order valence-electron chi connectivity index (χ2n) is 4.60. The van der Waals surface area contributed by atoms with Gasteiger partial charge in [-0.25, -0.2) is 8.78 Å². The van der Waals surface area contributed by atoms with Crippen LogP contribution in [0.15, 0.2) is 30.3 Å². The van der Waals surface area contributed by atoms with E-state index in [1.165, 1.54) is 0 Å². The summed E-state index contributed by atoms with van der Waals surface area (Å²) >= 11 is 0. The van der Waals surface area contributed by atoms with E-state index < -0.39 is 17.5 Å². The van der Waals surface area contributed by atoms with Crippen molar-refractivity contribution in [2.45, 2.75) is 13.8 Å². The topological polar surface area (TPSA) is 55.1 Å². The maximum absolute atomic E-state index is 13.5. The van der Waals surface area contributed by atoms with Crippen molar-refractivity contribution in [3.63, 3.8) is 0 Å². The molecule has 0 aliphatic rings. The van der Waals surface area contributed by atoms with E-state index in [1.807, 2.05) is 13.8 Å². The molecule has 0 aromatic heterocycles.